The highest BCUT2D eigenvalue weighted by atomic mass is 19.1. The number of anilines is 1. The zero-order valence-corrected chi connectivity index (χ0v) is 10.9. The maximum atomic E-state index is 13.9. The fourth-order valence-electron chi connectivity index (χ4n) is 2.40. The quantitative estimate of drug-likeness (QED) is 0.871. The summed E-state index contributed by atoms with van der Waals surface area (Å²) in [6.45, 7) is 5.84. The molecule has 0 saturated heterocycles. The topological polar surface area (TPSA) is 24.9 Å². The summed E-state index contributed by atoms with van der Waals surface area (Å²) in [6, 6.07) is 2.25. The fourth-order valence-corrected chi connectivity index (χ4v) is 2.40. The molecule has 96 valence electrons. The van der Waals surface area contributed by atoms with Crippen LogP contribution in [0, 0.1) is 18.6 Å². The minimum atomic E-state index is -0.499. The van der Waals surface area contributed by atoms with E-state index >= 15 is 0 Å². The van der Waals surface area contributed by atoms with E-state index in [9.17, 15) is 8.78 Å². The minimum Gasteiger partial charge on any atom is -0.387 e. The van der Waals surface area contributed by atoms with Crippen molar-refractivity contribution in [1.29, 1.82) is 0 Å². The zero-order chi connectivity index (χ0) is 13.4. The summed E-state index contributed by atoms with van der Waals surface area (Å²) in [5.74, 6) is -0.765. The molecule has 0 aliphatic carbocycles. The van der Waals surface area contributed by atoms with Gasteiger partial charge >= 0.3 is 0 Å². The molecule has 2 rings (SSSR count). The number of nitrogens with one attached hydrogen (secondary N) is 1. The van der Waals surface area contributed by atoms with Crippen LogP contribution in [0.25, 0.3) is 10.9 Å². The zero-order valence-electron chi connectivity index (χ0n) is 10.9. The van der Waals surface area contributed by atoms with Crippen LogP contribution in [0.4, 0.5) is 14.5 Å². The van der Waals surface area contributed by atoms with Crippen LogP contribution >= 0.6 is 0 Å². The highest BCUT2D eigenvalue weighted by molar-refractivity contribution is 5.94. The number of aryl methyl sites for hydroxylation is 1. The molecule has 1 N–H and O–H groups in total. The molecule has 0 bridgehead atoms. The highest BCUT2D eigenvalue weighted by Crippen LogP contribution is 2.35. The minimum absolute atomic E-state index is 0.0845. The van der Waals surface area contributed by atoms with Gasteiger partial charge in [-0.15, -0.1) is 0 Å². The van der Waals surface area contributed by atoms with E-state index in [1.807, 2.05) is 20.8 Å². The molecular weight excluding hydrogens is 234 g/mol. The average Bonchev–Trinajstić information content (AvgIpc) is 2.32. The Bertz CT molecular complexity index is 607. The van der Waals surface area contributed by atoms with Gasteiger partial charge in [-0.05, 0) is 30.5 Å². The van der Waals surface area contributed by atoms with Gasteiger partial charge in [0.2, 0.25) is 0 Å². The number of benzene rings is 1. The molecule has 0 unspecified atom stereocenters. The van der Waals surface area contributed by atoms with E-state index in [-0.39, 0.29) is 16.8 Å². The average molecular weight is 250 g/mol. The Balaban J connectivity index is 2.99. The number of nitrogens with zero attached hydrogens (tertiary/aromatic N) is 1. The Labute approximate surface area is 105 Å². The molecule has 2 aromatic rings. The predicted molar refractivity (Wildman–Crippen MR) is 70.0 cm³/mol. The van der Waals surface area contributed by atoms with E-state index in [0.29, 0.717) is 5.69 Å². The van der Waals surface area contributed by atoms with E-state index in [4.69, 9.17) is 0 Å². The molecule has 0 radical (unpaired) electrons. The summed E-state index contributed by atoms with van der Waals surface area (Å²) >= 11 is 0. The van der Waals surface area contributed by atoms with Gasteiger partial charge in [-0.2, -0.15) is 0 Å². The lowest BCUT2D eigenvalue weighted by atomic mass is 9.96. The van der Waals surface area contributed by atoms with E-state index in [1.165, 1.54) is 0 Å². The molecule has 18 heavy (non-hydrogen) atoms. The van der Waals surface area contributed by atoms with Crippen molar-refractivity contribution in [3.63, 3.8) is 0 Å². The Morgan fingerprint density at radius 1 is 1.17 bits per heavy atom. The summed E-state index contributed by atoms with van der Waals surface area (Å²) in [5.41, 5.74) is 2.37. The van der Waals surface area contributed by atoms with Crippen molar-refractivity contribution in [3.05, 3.63) is 35.0 Å². The van der Waals surface area contributed by atoms with Crippen molar-refractivity contribution in [2.24, 2.45) is 0 Å². The van der Waals surface area contributed by atoms with Gasteiger partial charge in [0.15, 0.2) is 0 Å². The molecule has 0 aliphatic heterocycles. The molecule has 0 fully saturated rings. The SMILES string of the molecule is CNc1c(C(C)C)c(C)nc2c(F)ccc(F)c12. The van der Waals surface area contributed by atoms with Gasteiger partial charge in [-0.3, -0.25) is 0 Å². The van der Waals surface area contributed by atoms with Gasteiger partial charge in [-0.25, -0.2) is 13.8 Å². The maximum Gasteiger partial charge on any atom is 0.149 e. The fraction of sp³-hybridized carbons (Fsp3) is 0.357. The molecule has 1 heterocycles. The molecule has 1 aromatic heterocycles. The lowest BCUT2D eigenvalue weighted by Crippen LogP contribution is -2.05. The van der Waals surface area contributed by atoms with Gasteiger partial charge in [0, 0.05) is 12.7 Å². The number of aromatic nitrogens is 1. The molecule has 0 saturated carbocycles. The molecule has 0 atom stereocenters. The summed E-state index contributed by atoms with van der Waals surface area (Å²) < 4.78 is 27.7. The van der Waals surface area contributed by atoms with Gasteiger partial charge < -0.3 is 5.32 Å². The van der Waals surface area contributed by atoms with Gasteiger partial charge in [0.25, 0.3) is 0 Å². The molecule has 1 aromatic carbocycles. The van der Waals surface area contributed by atoms with Gasteiger partial charge in [0.05, 0.1) is 11.1 Å². The molecule has 0 aliphatic rings. The number of hydrogen-bond donors (Lipinski definition) is 1. The van der Waals surface area contributed by atoms with Crippen molar-refractivity contribution < 1.29 is 8.78 Å². The van der Waals surface area contributed by atoms with Crippen LogP contribution in [0.3, 0.4) is 0 Å². The summed E-state index contributed by atoms with van der Waals surface area (Å²) in [7, 11) is 1.71. The third-order valence-electron chi connectivity index (χ3n) is 3.09. The first-order valence-electron chi connectivity index (χ1n) is 5.93. The first-order valence-corrected chi connectivity index (χ1v) is 5.93. The second kappa shape index (κ2) is 4.52. The third kappa shape index (κ3) is 1.82. The third-order valence-corrected chi connectivity index (χ3v) is 3.09. The number of fused-ring (bicyclic) bond motifs is 1. The van der Waals surface area contributed by atoms with E-state index in [1.54, 1.807) is 7.05 Å². The lowest BCUT2D eigenvalue weighted by molar-refractivity contribution is 0.614. The Hall–Kier alpha value is -1.71. The molecular formula is C14H16F2N2. The lowest BCUT2D eigenvalue weighted by Gasteiger charge is -2.18. The van der Waals surface area contributed by atoms with Crippen LogP contribution in [0.15, 0.2) is 12.1 Å². The first kappa shape index (κ1) is 12.7. The van der Waals surface area contributed by atoms with Crippen molar-refractivity contribution in [1.82, 2.24) is 4.98 Å². The number of hydrogen-bond acceptors (Lipinski definition) is 2. The summed E-state index contributed by atoms with van der Waals surface area (Å²) in [4.78, 5) is 4.21. The summed E-state index contributed by atoms with van der Waals surface area (Å²) in [5, 5.41) is 3.21. The second-order valence-electron chi connectivity index (χ2n) is 4.64. The maximum absolute atomic E-state index is 13.9. The Morgan fingerprint density at radius 2 is 1.78 bits per heavy atom. The summed E-state index contributed by atoms with van der Waals surface area (Å²) in [6.07, 6.45) is 0. The number of pyridine rings is 1. The molecule has 0 spiro atoms. The molecule has 0 amide bonds. The van der Waals surface area contributed by atoms with Crippen LogP contribution in [0.1, 0.15) is 31.0 Å². The van der Waals surface area contributed by atoms with Crippen LogP contribution in [0.5, 0.6) is 0 Å². The first-order chi connectivity index (χ1) is 8.47. The van der Waals surface area contributed by atoms with Crippen molar-refractivity contribution in [3.8, 4) is 0 Å². The van der Waals surface area contributed by atoms with Crippen LogP contribution < -0.4 is 5.32 Å². The normalized spacial score (nSPS) is 11.3. The number of rotatable bonds is 2. The van der Waals surface area contributed by atoms with E-state index in [0.717, 1.165) is 23.4 Å². The standard InChI is InChI=1S/C14H16F2N2/c1-7(2)11-8(3)18-13-10(16)6-5-9(15)12(13)14(11)17-4/h5-7H,1-4H3,(H,17,18). The van der Waals surface area contributed by atoms with Crippen LogP contribution in [-0.2, 0) is 0 Å². The van der Waals surface area contributed by atoms with Crippen LogP contribution in [-0.4, -0.2) is 12.0 Å². The van der Waals surface area contributed by atoms with Crippen molar-refractivity contribution >= 4 is 16.6 Å². The smallest absolute Gasteiger partial charge is 0.149 e. The van der Waals surface area contributed by atoms with Gasteiger partial charge in [0.1, 0.15) is 17.2 Å². The van der Waals surface area contributed by atoms with E-state index < -0.39 is 11.6 Å². The monoisotopic (exact) mass is 250 g/mol. The Kier molecular flexibility index (Phi) is 3.20. The van der Waals surface area contributed by atoms with Crippen LogP contribution in [0.2, 0.25) is 0 Å². The van der Waals surface area contributed by atoms with Gasteiger partial charge in [-0.1, -0.05) is 13.8 Å². The Morgan fingerprint density at radius 3 is 2.33 bits per heavy atom. The second-order valence-corrected chi connectivity index (χ2v) is 4.64. The van der Waals surface area contributed by atoms with Crippen molar-refractivity contribution in [2.45, 2.75) is 26.7 Å². The van der Waals surface area contributed by atoms with E-state index in [2.05, 4.69) is 10.3 Å². The largest absolute Gasteiger partial charge is 0.387 e. The van der Waals surface area contributed by atoms with Crippen molar-refractivity contribution in [2.75, 3.05) is 12.4 Å². The predicted octanol–water partition coefficient (Wildman–Crippen LogP) is 3.99. The molecule has 4 heteroatoms. The number of halogens is 2. The highest BCUT2D eigenvalue weighted by Gasteiger charge is 2.19. The molecule has 2 nitrogen and oxygen atoms in total.